The maximum Gasteiger partial charge on any atom is 0.325 e. The number of nitrogens with zero attached hydrogens (tertiary/aromatic N) is 2. The van der Waals surface area contributed by atoms with Crippen molar-refractivity contribution in [1.29, 1.82) is 0 Å². The lowest BCUT2D eigenvalue weighted by Gasteiger charge is -2.15. The van der Waals surface area contributed by atoms with E-state index in [1.807, 2.05) is 0 Å². The molecule has 0 heterocycles. The summed E-state index contributed by atoms with van der Waals surface area (Å²) in [7, 11) is 0. The van der Waals surface area contributed by atoms with Crippen LogP contribution >= 0.6 is 0 Å². The fourth-order valence-electron chi connectivity index (χ4n) is 2.18. The molecule has 2 rings (SSSR count). The van der Waals surface area contributed by atoms with Crippen LogP contribution in [0, 0.1) is 26.0 Å². The Labute approximate surface area is 164 Å². The molecule has 154 valence electrons. The van der Waals surface area contributed by atoms with E-state index >= 15 is 0 Å². The van der Waals surface area contributed by atoms with Crippen LogP contribution < -0.4 is 5.32 Å². The molecule has 1 atom stereocenters. The summed E-state index contributed by atoms with van der Waals surface area (Å²) in [6.07, 6.45) is 0. The summed E-state index contributed by atoms with van der Waals surface area (Å²) in [6, 6.07) is 5.24. The second-order valence-corrected chi connectivity index (χ2v) is 6.02. The number of carboxylic acid groups (broad SMARTS) is 1. The van der Waals surface area contributed by atoms with Gasteiger partial charge < -0.3 is 15.2 Å². The molecule has 0 radical (unpaired) electrons. The Morgan fingerprint density at radius 2 is 1.59 bits per heavy atom. The van der Waals surface area contributed by atoms with Crippen molar-refractivity contribution >= 4 is 28.8 Å². The highest BCUT2D eigenvalue weighted by Crippen LogP contribution is 2.37. The number of Topliss-reactive ketones (excluding diaryl/α,β-unsaturated/α-hetero) is 1. The number of anilines is 1. The van der Waals surface area contributed by atoms with Gasteiger partial charge in [-0.2, -0.15) is 0 Å². The summed E-state index contributed by atoms with van der Waals surface area (Å²) < 4.78 is 13.5. The molecule has 0 saturated carbocycles. The molecule has 0 fully saturated rings. The molecule has 1 unspecified atom stereocenters. The van der Waals surface area contributed by atoms with Gasteiger partial charge in [0.25, 0.3) is 11.4 Å². The van der Waals surface area contributed by atoms with Gasteiger partial charge in [-0.1, -0.05) is 0 Å². The number of hydrogen-bond donors (Lipinski definition) is 2. The third-order valence-corrected chi connectivity index (χ3v) is 3.40. The average Bonchev–Trinajstić information content (AvgIpc) is 2.60. The number of hydrogen-bond acceptors (Lipinski definition) is 7. The van der Waals surface area contributed by atoms with Gasteiger partial charge in [0.15, 0.2) is 0 Å². The number of non-ortho nitro benzene ring substituents is 1. The second-order valence-electron chi connectivity index (χ2n) is 6.02. The van der Waals surface area contributed by atoms with E-state index in [1.54, 1.807) is 0 Å². The van der Waals surface area contributed by atoms with Gasteiger partial charge in [-0.3, -0.25) is 25.0 Å². The van der Waals surface area contributed by atoms with Crippen LogP contribution in [0.2, 0.25) is 0 Å². The smallest absolute Gasteiger partial charge is 0.325 e. The minimum atomic E-state index is -1.20. The third-order valence-electron chi connectivity index (χ3n) is 3.40. The van der Waals surface area contributed by atoms with E-state index in [1.165, 1.54) is 32.9 Å². The first-order valence-electron chi connectivity index (χ1n) is 8.13. The quantitative estimate of drug-likeness (QED) is 0.542. The lowest BCUT2D eigenvalue weighted by atomic mass is 10.0. The number of ketones is 1. The van der Waals surface area contributed by atoms with E-state index in [-0.39, 0.29) is 22.6 Å². The highest BCUT2D eigenvalue weighted by molar-refractivity contribution is 5.87. The van der Waals surface area contributed by atoms with Crippen molar-refractivity contribution in [2.24, 2.45) is 0 Å². The molecule has 0 spiro atoms. The van der Waals surface area contributed by atoms with E-state index < -0.39 is 39.0 Å². The van der Waals surface area contributed by atoms with Crippen LogP contribution in [0.3, 0.4) is 0 Å². The van der Waals surface area contributed by atoms with E-state index in [0.717, 1.165) is 24.3 Å². The fraction of sp³-hybridized carbons (Fsp3) is 0.222. The number of halogens is 1. The maximum absolute atomic E-state index is 13.5. The van der Waals surface area contributed by atoms with E-state index in [2.05, 4.69) is 5.32 Å². The zero-order valence-electron chi connectivity index (χ0n) is 15.7. The van der Waals surface area contributed by atoms with Gasteiger partial charge >= 0.3 is 5.97 Å². The van der Waals surface area contributed by atoms with Crippen molar-refractivity contribution in [3.63, 3.8) is 0 Å². The van der Waals surface area contributed by atoms with Gasteiger partial charge in [-0.15, -0.1) is 0 Å². The normalized spacial score (nSPS) is 10.9. The molecule has 0 bridgehead atoms. The number of aliphatic carboxylic acids is 1. The Hall–Kier alpha value is -3.89. The zero-order valence-corrected chi connectivity index (χ0v) is 15.7. The topological polar surface area (TPSA) is 153 Å². The van der Waals surface area contributed by atoms with Crippen LogP contribution in [-0.2, 0) is 9.59 Å². The standard InChI is InChI=1S/C15H12FN3O6.C3H6O/c1-8(15(20)21)17-13-6-9(16)2-4-11(13)12-5-3-10(18(22)23)7-14(12)19(24)25;1-3(2)4/h2-8,17H,1H3,(H,20,21);1-2H3. The summed E-state index contributed by atoms with van der Waals surface area (Å²) in [5.41, 5.74) is -0.851. The molecule has 2 aromatic rings. The minimum absolute atomic E-state index is 0.00399. The van der Waals surface area contributed by atoms with Crippen LogP contribution in [0.15, 0.2) is 36.4 Å². The molecule has 0 amide bonds. The Morgan fingerprint density at radius 1 is 1.03 bits per heavy atom. The second kappa shape index (κ2) is 9.88. The molecule has 11 heteroatoms. The number of carboxylic acids is 1. The first-order valence-corrected chi connectivity index (χ1v) is 8.13. The fourth-order valence-corrected chi connectivity index (χ4v) is 2.18. The summed E-state index contributed by atoms with van der Waals surface area (Å²) in [5, 5.41) is 33.6. The van der Waals surface area contributed by atoms with E-state index in [0.29, 0.717) is 0 Å². The number of carbonyl (C=O) groups is 2. The van der Waals surface area contributed by atoms with Crippen molar-refractivity contribution in [3.05, 3.63) is 62.4 Å². The van der Waals surface area contributed by atoms with Crippen molar-refractivity contribution < 1.29 is 28.9 Å². The summed E-state index contributed by atoms with van der Waals surface area (Å²) in [6.45, 7) is 4.38. The summed E-state index contributed by atoms with van der Waals surface area (Å²) >= 11 is 0. The number of carbonyl (C=O) groups excluding carboxylic acids is 1. The molecule has 10 nitrogen and oxygen atoms in total. The molecular weight excluding hydrogens is 389 g/mol. The van der Waals surface area contributed by atoms with Gasteiger partial charge in [0.05, 0.1) is 21.5 Å². The molecule has 29 heavy (non-hydrogen) atoms. The molecule has 0 saturated heterocycles. The first kappa shape index (κ1) is 23.1. The highest BCUT2D eigenvalue weighted by Gasteiger charge is 2.23. The monoisotopic (exact) mass is 407 g/mol. The van der Waals surface area contributed by atoms with Crippen LogP contribution in [0.1, 0.15) is 20.8 Å². The molecule has 0 aliphatic carbocycles. The average molecular weight is 407 g/mol. The summed E-state index contributed by atoms with van der Waals surface area (Å²) in [5.74, 6) is -1.71. The van der Waals surface area contributed by atoms with Crippen molar-refractivity contribution in [1.82, 2.24) is 0 Å². The van der Waals surface area contributed by atoms with Gasteiger partial charge in [-0.05, 0) is 45.0 Å². The number of benzene rings is 2. The van der Waals surface area contributed by atoms with E-state index in [9.17, 15) is 34.2 Å². The van der Waals surface area contributed by atoms with Gasteiger partial charge in [0.1, 0.15) is 17.6 Å². The zero-order chi connectivity index (χ0) is 22.3. The van der Waals surface area contributed by atoms with Gasteiger partial charge in [-0.25, -0.2) is 4.39 Å². The Morgan fingerprint density at radius 3 is 2.07 bits per heavy atom. The third kappa shape index (κ3) is 6.65. The van der Waals surface area contributed by atoms with Crippen molar-refractivity contribution in [3.8, 4) is 11.1 Å². The Balaban J connectivity index is 0.000000960. The van der Waals surface area contributed by atoms with Crippen molar-refractivity contribution in [2.45, 2.75) is 26.8 Å². The molecule has 0 aliphatic rings. The van der Waals surface area contributed by atoms with Crippen molar-refractivity contribution in [2.75, 3.05) is 5.32 Å². The molecular formula is C18H18FN3O7. The number of nitro groups is 2. The molecule has 2 N–H and O–H groups in total. The maximum atomic E-state index is 13.5. The predicted octanol–water partition coefficient (Wildman–Crippen LogP) is 3.79. The lowest BCUT2D eigenvalue weighted by Crippen LogP contribution is -2.25. The lowest BCUT2D eigenvalue weighted by molar-refractivity contribution is -0.393. The number of rotatable bonds is 6. The minimum Gasteiger partial charge on any atom is -0.480 e. The largest absolute Gasteiger partial charge is 0.480 e. The van der Waals surface area contributed by atoms with Gasteiger partial charge in [0.2, 0.25) is 0 Å². The van der Waals surface area contributed by atoms with E-state index in [4.69, 9.17) is 5.11 Å². The molecule has 0 aromatic heterocycles. The predicted molar refractivity (Wildman–Crippen MR) is 102 cm³/mol. The highest BCUT2D eigenvalue weighted by atomic mass is 19.1. The summed E-state index contributed by atoms with van der Waals surface area (Å²) in [4.78, 5) is 41.0. The van der Waals surface area contributed by atoms with Gasteiger partial charge in [0, 0.05) is 17.3 Å². The van der Waals surface area contributed by atoms with Crippen LogP contribution in [-0.4, -0.2) is 32.7 Å². The molecule has 0 aliphatic heterocycles. The van der Waals surface area contributed by atoms with Crippen LogP contribution in [0.4, 0.5) is 21.5 Å². The van der Waals surface area contributed by atoms with Crippen LogP contribution in [0.25, 0.3) is 11.1 Å². The Bertz CT molecular complexity index is 958. The number of nitrogens with one attached hydrogen (secondary N) is 1. The molecule has 2 aromatic carbocycles. The SMILES string of the molecule is CC(C)=O.CC(Nc1cc(F)ccc1-c1ccc([N+](=O)[O-])cc1[N+](=O)[O-])C(=O)O. The number of nitro benzene ring substituents is 2. The Kier molecular flexibility index (Phi) is 7.88. The van der Waals surface area contributed by atoms with Crippen LogP contribution in [0.5, 0.6) is 0 Å². The first-order chi connectivity index (χ1) is 13.4.